The van der Waals surface area contributed by atoms with E-state index in [-0.39, 0.29) is 30.4 Å². The first-order valence-electron chi connectivity index (χ1n) is 13.6. The van der Waals surface area contributed by atoms with Crippen molar-refractivity contribution < 1.29 is 44.3 Å². The van der Waals surface area contributed by atoms with Crippen molar-refractivity contribution in [1.29, 1.82) is 0 Å². The number of hydrogen-bond donors (Lipinski definition) is 5. The topological polar surface area (TPSA) is 166 Å². The van der Waals surface area contributed by atoms with Crippen molar-refractivity contribution in [3.8, 4) is 5.75 Å². The van der Waals surface area contributed by atoms with Gasteiger partial charge in [-0.15, -0.1) is 0 Å². The van der Waals surface area contributed by atoms with Crippen molar-refractivity contribution >= 4 is 17.8 Å². The highest BCUT2D eigenvalue weighted by molar-refractivity contribution is 5.89. The lowest BCUT2D eigenvalue weighted by molar-refractivity contribution is -0.169. The molecule has 11 nitrogen and oxygen atoms in total. The van der Waals surface area contributed by atoms with E-state index in [1.54, 1.807) is 24.3 Å². The van der Waals surface area contributed by atoms with Gasteiger partial charge in [0.2, 0.25) is 0 Å². The molecule has 2 aliphatic carbocycles. The van der Waals surface area contributed by atoms with Gasteiger partial charge in [-0.3, -0.25) is 9.59 Å². The molecule has 2 bridgehead atoms. The fraction of sp³-hybridized carbons (Fsp3) is 0.433. The Morgan fingerprint density at radius 3 is 2.66 bits per heavy atom. The molecule has 11 heteroatoms. The zero-order valence-electron chi connectivity index (χ0n) is 22.4. The molecule has 4 aliphatic rings. The molecule has 0 saturated carbocycles. The number of rotatable bonds is 8. The second-order valence-corrected chi connectivity index (χ2v) is 11.3. The van der Waals surface area contributed by atoms with Gasteiger partial charge < -0.3 is 40.1 Å². The van der Waals surface area contributed by atoms with E-state index in [0.717, 1.165) is 11.1 Å². The number of carbonyl (C=O) groups is 3. The van der Waals surface area contributed by atoms with Crippen LogP contribution in [0.1, 0.15) is 47.6 Å². The fourth-order valence-electron chi connectivity index (χ4n) is 7.21. The van der Waals surface area contributed by atoms with Crippen molar-refractivity contribution in [3.05, 3.63) is 76.6 Å². The van der Waals surface area contributed by atoms with Gasteiger partial charge in [0.15, 0.2) is 12.2 Å². The van der Waals surface area contributed by atoms with Crippen LogP contribution in [0.4, 0.5) is 0 Å². The number of aliphatic hydroxyl groups is 3. The largest absolute Gasteiger partial charge is 0.481 e. The summed E-state index contributed by atoms with van der Waals surface area (Å²) in [6.45, 7) is 0.411. The summed E-state index contributed by atoms with van der Waals surface area (Å²) < 4.78 is 12.1. The van der Waals surface area contributed by atoms with E-state index in [4.69, 9.17) is 9.47 Å². The maximum Gasteiger partial charge on any atom is 0.326 e. The molecule has 2 aliphatic heterocycles. The quantitative estimate of drug-likeness (QED) is 0.288. The lowest BCUT2D eigenvalue weighted by atomic mass is 9.50. The molecule has 1 spiro atoms. The first-order chi connectivity index (χ1) is 19.6. The average molecular weight is 565 g/mol. The molecule has 216 valence electrons. The Bertz CT molecular complexity index is 1440. The maximum absolute atomic E-state index is 13.1. The molecule has 5 N–H and O–H groups in total. The van der Waals surface area contributed by atoms with Gasteiger partial charge in [0.25, 0.3) is 5.91 Å². The molecular weight excluding hydrogens is 532 g/mol. The number of piperidine rings is 1. The molecule has 1 fully saturated rings. The van der Waals surface area contributed by atoms with Gasteiger partial charge in [-0.05, 0) is 43.6 Å². The zero-order chi connectivity index (χ0) is 29.1. The van der Waals surface area contributed by atoms with Crippen LogP contribution >= 0.6 is 0 Å². The third-order valence-electron chi connectivity index (χ3n) is 9.21. The van der Waals surface area contributed by atoms with Crippen LogP contribution in [0.2, 0.25) is 0 Å². The van der Waals surface area contributed by atoms with Crippen LogP contribution in [0.25, 0.3) is 0 Å². The van der Waals surface area contributed by atoms with E-state index in [0.29, 0.717) is 30.7 Å². The number of aliphatic carboxylic acids is 1. The standard InChI is InChI=1S/C30H32N2O9/c1-32-12-11-29-23-17-7-8-18(15-33)25(23)41-26(29)20(9-10-30(29,39)21(32)13-17)40-22(34)14-19(28(37)38)31-27(36)24(35)16-5-3-2-4-6-16/h2-9,19,21,24,26,33,35,39H,10-15H2,1H3,(H,31,36)(H,37,38)/t19-,21+,24-,26?,29?,30+/m0/s1. The number of aliphatic hydroxyl groups excluding tert-OH is 2. The number of likely N-dealkylation sites (N-methyl/N-ethyl adjacent to an activating group) is 1. The van der Waals surface area contributed by atoms with Gasteiger partial charge in [-0.2, -0.15) is 0 Å². The minimum atomic E-state index is -1.65. The molecule has 2 heterocycles. The lowest BCUT2D eigenvalue weighted by Crippen LogP contribution is -2.74. The van der Waals surface area contributed by atoms with E-state index >= 15 is 0 Å². The van der Waals surface area contributed by atoms with Crippen LogP contribution in [0.15, 0.2) is 54.3 Å². The minimum absolute atomic E-state index is 0.163. The number of ether oxygens (including phenoxy) is 2. The smallest absolute Gasteiger partial charge is 0.326 e. The predicted molar refractivity (Wildman–Crippen MR) is 143 cm³/mol. The monoisotopic (exact) mass is 564 g/mol. The summed E-state index contributed by atoms with van der Waals surface area (Å²) in [4.78, 5) is 39.7. The lowest BCUT2D eigenvalue weighted by Gasteiger charge is -2.61. The predicted octanol–water partition coefficient (Wildman–Crippen LogP) is 0.693. The molecule has 2 unspecified atom stereocenters. The van der Waals surface area contributed by atoms with Crippen molar-refractivity contribution in [2.45, 2.75) is 67.6 Å². The number of benzene rings is 2. The molecule has 2 aromatic rings. The van der Waals surface area contributed by atoms with Crippen molar-refractivity contribution in [1.82, 2.24) is 10.2 Å². The summed E-state index contributed by atoms with van der Waals surface area (Å²) in [6, 6.07) is 9.94. The first-order valence-corrected chi connectivity index (χ1v) is 13.6. The van der Waals surface area contributed by atoms with Crippen LogP contribution in [0, 0.1) is 0 Å². The molecule has 6 atom stereocenters. The molecular formula is C30H32N2O9. The molecule has 6 rings (SSSR count). The SMILES string of the molecule is CN1CCC23c4c5ccc(CO)c4OC2C(OC(=O)C[C@H](NC(=O)[C@@H](O)c2ccccc2)C(=O)O)=CC[C@@]3(O)[C@H]1C5. The Morgan fingerprint density at radius 2 is 1.95 bits per heavy atom. The van der Waals surface area contributed by atoms with E-state index < -0.39 is 53.5 Å². The molecule has 2 aromatic carbocycles. The zero-order valence-corrected chi connectivity index (χ0v) is 22.4. The van der Waals surface area contributed by atoms with E-state index in [9.17, 15) is 34.8 Å². The number of esters is 1. The number of likely N-dealkylation sites (tertiary alicyclic amines) is 1. The molecule has 1 saturated heterocycles. The second kappa shape index (κ2) is 9.95. The Labute approximate surface area is 236 Å². The number of nitrogens with zero attached hydrogens (tertiary/aromatic N) is 1. The summed E-state index contributed by atoms with van der Waals surface area (Å²) in [5.41, 5.74) is 0.580. The van der Waals surface area contributed by atoms with Gasteiger partial charge in [-0.25, -0.2) is 4.79 Å². The Morgan fingerprint density at radius 1 is 1.20 bits per heavy atom. The third kappa shape index (κ3) is 4.06. The molecule has 0 aromatic heterocycles. The number of carbonyl (C=O) groups excluding carboxylic acids is 2. The summed E-state index contributed by atoms with van der Waals surface area (Å²) in [6.07, 6.45) is -0.232. The van der Waals surface area contributed by atoms with Gasteiger partial charge in [-0.1, -0.05) is 42.5 Å². The highest BCUT2D eigenvalue weighted by Gasteiger charge is 2.71. The van der Waals surface area contributed by atoms with Crippen LogP contribution in [0.3, 0.4) is 0 Å². The van der Waals surface area contributed by atoms with Crippen molar-refractivity contribution in [3.63, 3.8) is 0 Å². The Hall–Kier alpha value is -3.77. The minimum Gasteiger partial charge on any atom is -0.481 e. The van der Waals surface area contributed by atoms with Gasteiger partial charge in [0.05, 0.1) is 24.0 Å². The van der Waals surface area contributed by atoms with E-state index in [2.05, 4.69) is 10.2 Å². The number of carboxylic acid groups (broad SMARTS) is 1. The first kappa shape index (κ1) is 27.4. The second-order valence-electron chi connectivity index (χ2n) is 11.3. The van der Waals surface area contributed by atoms with E-state index in [1.165, 1.54) is 12.1 Å². The van der Waals surface area contributed by atoms with Gasteiger partial charge in [0.1, 0.15) is 17.6 Å². The number of amides is 1. The van der Waals surface area contributed by atoms with E-state index in [1.807, 2.05) is 19.2 Å². The van der Waals surface area contributed by atoms with Crippen molar-refractivity contribution in [2.75, 3.05) is 13.6 Å². The Kier molecular flexibility index (Phi) is 6.65. The van der Waals surface area contributed by atoms with Crippen LogP contribution in [-0.4, -0.2) is 80.6 Å². The summed E-state index contributed by atoms with van der Waals surface area (Å²) in [5.74, 6) is -2.69. The fourth-order valence-corrected chi connectivity index (χ4v) is 7.21. The van der Waals surface area contributed by atoms with Crippen molar-refractivity contribution in [2.24, 2.45) is 0 Å². The highest BCUT2D eigenvalue weighted by atomic mass is 16.6. The Balaban J connectivity index is 1.25. The maximum atomic E-state index is 13.1. The van der Waals surface area contributed by atoms with Crippen LogP contribution < -0.4 is 10.1 Å². The third-order valence-corrected chi connectivity index (χ3v) is 9.21. The van der Waals surface area contributed by atoms with Gasteiger partial charge in [0, 0.05) is 23.6 Å². The average Bonchev–Trinajstić information content (AvgIpc) is 3.32. The number of carboxylic acids is 1. The summed E-state index contributed by atoms with van der Waals surface area (Å²) in [7, 11) is 1.97. The molecule has 0 radical (unpaired) electrons. The highest BCUT2D eigenvalue weighted by Crippen LogP contribution is 2.64. The molecule has 1 amide bonds. The van der Waals surface area contributed by atoms with Crippen LogP contribution in [0.5, 0.6) is 5.75 Å². The normalized spacial score (nSPS) is 28.9. The summed E-state index contributed by atoms with van der Waals surface area (Å²) >= 11 is 0. The molecule has 41 heavy (non-hydrogen) atoms. The van der Waals surface area contributed by atoms with Crippen LogP contribution in [-0.2, 0) is 37.6 Å². The summed E-state index contributed by atoms with van der Waals surface area (Å²) in [5, 5.41) is 44.5. The number of hydrogen-bond acceptors (Lipinski definition) is 9. The number of nitrogens with one attached hydrogen (secondary N) is 1. The van der Waals surface area contributed by atoms with Gasteiger partial charge >= 0.3 is 11.9 Å².